The summed E-state index contributed by atoms with van der Waals surface area (Å²) in [6.07, 6.45) is 0. The van der Waals surface area contributed by atoms with E-state index in [2.05, 4.69) is 6.07 Å². The van der Waals surface area contributed by atoms with Gasteiger partial charge in [-0.05, 0) is 23.1 Å². The zero-order valence-corrected chi connectivity index (χ0v) is 11.8. The molecule has 3 aromatic rings. The molecule has 3 heteroatoms. The molecule has 0 bridgehead atoms. The lowest BCUT2D eigenvalue weighted by atomic mass is 9.88. The summed E-state index contributed by atoms with van der Waals surface area (Å²) in [5.41, 5.74) is -0.233. The van der Waals surface area contributed by atoms with Gasteiger partial charge in [0.05, 0.1) is 0 Å². The van der Waals surface area contributed by atoms with Crippen molar-refractivity contribution in [3.63, 3.8) is 0 Å². The van der Waals surface area contributed by atoms with Crippen molar-refractivity contribution in [3.8, 4) is 5.75 Å². The van der Waals surface area contributed by atoms with E-state index in [-0.39, 0.29) is 5.97 Å². The molecular formula is C18H14O3. The average Bonchev–Trinajstić information content (AvgIpc) is 2.80. The van der Waals surface area contributed by atoms with Gasteiger partial charge in [-0.15, -0.1) is 0 Å². The largest absolute Gasteiger partial charge is 0.423 e. The predicted molar refractivity (Wildman–Crippen MR) is 81.5 cm³/mol. The summed E-state index contributed by atoms with van der Waals surface area (Å²) in [6, 6.07) is 16.0. The fraction of sp³-hybridized carbons (Fsp3) is 0.167. The number of hydrogen-bond donors (Lipinski definition) is 0. The fourth-order valence-corrected chi connectivity index (χ4v) is 3.17. The second kappa shape index (κ2) is 4.06. The van der Waals surface area contributed by atoms with Crippen LogP contribution < -0.4 is 4.74 Å². The first-order chi connectivity index (χ1) is 10.2. The number of carbonyl (C=O) groups excluding carboxylic acids is 1. The Balaban J connectivity index is 2.29. The molecule has 0 saturated heterocycles. The van der Waals surface area contributed by atoms with Crippen LogP contribution in [0.5, 0.6) is 5.75 Å². The fourth-order valence-electron chi connectivity index (χ4n) is 3.17. The topological polar surface area (TPSA) is 35.5 Å². The van der Waals surface area contributed by atoms with Crippen LogP contribution in [0.3, 0.4) is 0 Å². The number of methoxy groups -OCH3 is 1. The van der Waals surface area contributed by atoms with Crippen molar-refractivity contribution in [1.29, 1.82) is 0 Å². The molecule has 0 N–H and O–H groups in total. The number of carbonyl (C=O) groups is 1. The molecule has 0 fully saturated rings. The maximum absolute atomic E-state index is 12.3. The third-order valence-electron chi connectivity index (χ3n) is 4.35. The maximum Gasteiger partial charge on any atom is 0.348 e. The average molecular weight is 278 g/mol. The maximum atomic E-state index is 12.3. The van der Waals surface area contributed by atoms with E-state index in [0.717, 1.165) is 27.1 Å². The van der Waals surface area contributed by atoms with Crippen molar-refractivity contribution in [2.45, 2.75) is 12.5 Å². The lowest BCUT2D eigenvalue weighted by Gasteiger charge is -2.20. The number of fused-ring (bicyclic) bond motifs is 6. The second-order valence-electron chi connectivity index (χ2n) is 5.42. The number of hydrogen-bond acceptors (Lipinski definition) is 3. The summed E-state index contributed by atoms with van der Waals surface area (Å²) in [5.74, 6) is 0.264. The number of ether oxygens (including phenoxy) is 2. The summed E-state index contributed by atoms with van der Waals surface area (Å²) in [6.45, 7) is 1.77. The van der Waals surface area contributed by atoms with Crippen LogP contribution in [-0.2, 0) is 15.1 Å². The van der Waals surface area contributed by atoms with E-state index in [9.17, 15) is 4.79 Å². The van der Waals surface area contributed by atoms with Crippen molar-refractivity contribution in [2.75, 3.05) is 7.11 Å². The van der Waals surface area contributed by atoms with Crippen LogP contribution in [-0.4, -0.2) is 13.1 Å². The predicted octanol–water partition coefficient (Wildman–Crippen LogP) is 3.77. The van der Waals surface area contributed by atoms with E-state index in [0.29, 0.717) is 5.75 Å². The second-order valence-corrected chi connectivity index (χ2v) is 5.42. The lowest BCUT2D eigenvalue weighted by Crippen LogP contribution is -2.32. The highest BCUT2D eigenvalue weighted by atomic mass is 16.6. The van der Waals surface area contributed by atoms with Crippen LogP contribution in [0.1, 0.15) is 12.5 Å². The Bertz CT molecular complexity index is 897. The minimum Gasteiger partial charge on any atom is -0.423 e. The van der Waals surface area contributed by atoms with Gasteiger partial charge in [0.25, 0.3) is 0 Å². The lowest BCUT2D eigenvalue weighted by molar-refractivity contribution is -0.153. The Kier molecular flexibility index (Phi) is 2.39. The molecule has 0 radical (unpaired) electrons. The molecule has 1 atom stereocenters. The zero-order chi connectivity index (χ0) is 14.6. The quantitative estimate of drug-likeness (QED) is 0.386. The van der Waals surface area contributed by atoms with Gasteiger partial charge in [-0.1, -0.05) is 48.5 Å². The van der Waals surface area contributed by atoms with Crippen LogP contribution >= 0.6 is 0 Å². The van der Waals surface area contributed by atoms with E-state index in [1.54, 1.807) is 14.0 Å². The molecule has 4 rings (SSSR count). The molecule has 3 nitrogen and oxygen atoms in total. The Morgan fingerprint density at radius 3 is 2.05 bits per heavy atom. The Morgan fingerprint density at radius 1 is 0.905 bits per heavy atom. The number of benzene rings is 3. The first-order valence-corrected chi connectivity index (χ1v) is 6.88. The molecule has 0 saturated carbocycles. The van der Waals surface area contributed by atoms with Gasteiger partial charge < -0.3 is 9.47 Å². The van der Waals surface area contributed by atoms with Crippen molar-refractivity contribution >= 4 is 27.5 Å². The molecule has 21 heavy (non-hydrogen) atoms. The third-order valence-corrected chi connectivity index (χ3v) is 4.35. The Morgan fingerprint density at radius 2 is 1.43 bits per heavy atom. The molecule has 104 valence electrons. The molecule has 1 aliphatic heterocycles. The summed E-state index contributed by atoms with van der Waals surface area (Å²) in [7, 11) is 1.54. The monoisotopic (exact) mass is 278 g/mol. The van der Waals surface area contributed by atoms with Crippen molar-refractivity contribution in [3.05, 3.63) is 54.1 Å². The SMILES string of the molecule is CO[C@@]1(C)C(=O)Oc2c1c1ccccc1c1ccccc21. The van der Waals surface area contributed by atoms with Gasteiger partial charge in [-0.2, -0.15) is 0 Å². The summed E-state index contributed by atoms with van der Waals surface area (Å²) < 4.78 is 11.1. The van der Waals surface area contributed by atoms with Crippen molar-refractivity contribution in [1.82, 2.24) is 0 Å². The first kappa shape index (κ1) is 12.4. The van der Waals surface area contributed by atoms with Crippen LogP contribution in [0.4, 0.5) is 0 Å². The Labute approximate surface area is 122 Å². The van der Waals surface area contributed by atoms with Gasteiger partial charge in [0.2, 0.25) is 0 Å². The molecule has 1 heterocycles. The van der Waals surface area contributed by atoms with Gasteiger partial charge in [0.1, 0.15) is 5.75 Å². The number of rotatable bonds is 1. The standard InChI is InChI=1S/C18H14O3/c1-18(20-2)15-13-9-5-3-7-11(13)12-8-4-6-10-14(12)16(15)21-17(18)19/h3-10H,1-2H3/t18-/m1/s1. The van der Waals surface area contributed by atoms with Crippen LogP contribution in [0.25, 0.3) is 21.5 Å². The zero-order valence-electron chi connectivity index (χ0n) is 11.8. The Hall–Kier alpha value is -2.39. The smallest absolute Gasteiger partial charge is 0.348 e. The van der Waals surface area contributed by atoms with Gasteiger partial charge in [-0.3, -0.25) is 0 Å². The van der Waals surface area contributed by atoms with Crippen LogP contribution in [0, 0.1) is 0 Å². The minimum absolute atomic E-state index is 0.360. The van der Waals surface area contributed by atoms with E-state index in [1.165, 1.54) is 0 Å². The molecule has 3 aromatic carbocycles. The van der Waals surface area contributed by atoms with Gasteiger partial charge in [0, 0.05) is 18.1 Å². The van der Waals surface area contributed by atoms with Gasteiger partial charge in [0.15, 0.2) is 5.60 Å². The third kappa shape index (κ3) is 1.44. The molecule has 1 aliphatic rings. The van der Waals surface area contributed by atoms with Crippen LogP contribution in [0.15, 0.2) is 48.5 Å². The van der Waals surface area contributed by atoms with Crippen molar-refractivity contribution in [2.24, 2.45) is 0 Å². The highest BCUT2D eigenvalue weighted by Gasteiger charge is 2.47. The highest BCUT2D eigenvalue weighted by Crippen LogP contribution is 2.49. The minimum atomic E-state index is -1.06. The van der Waals surface area contributed by atoms with Crippen molar-refractivity contribution < 1.29 is 14.3 Å². The van der Waals surface area contributed by atoms with E-state index < -0.39 is 5.60 Å². The normalized spacial score (nSPS) is 20.8. The van der Waals surface area contributed by atoms with E-state index in [4.69, 9.17) is 9.47 Å². The highest BCUT2D eigenvalue weighted by molar-refractivity contribution is 6.16. The van der Waals surface area contributed by atoms with Crippen LogP contribution in [0.2, 0.25) is 0 Å². The summed E-state index contributed by atoms with van der Waals surface area (Å²) in [4.78, 5) is 12.3. The molecule has 0 amide bonds. The molecular weight excluding hydrogens is 264 g/mol. The van der Waals surface area contributed by atoms with E-state index >= 15 is 0 Å². The molecule has 0 unspecified atom stereocenters. The first-order valence-electron chi connectivity index (χ1n) is 6.88. The van der Waals surface area contributed by atoms with E-state index in [1.807, 2.05) is 42.5 Å². The molecule has 0 spiro atoms. The summed E-state index contributed by atoms with van der Waals surface area (Å²) >= 11 is 0. The number of esters is 1. The summed E-state index contributed by atoms with van der Waals surface area (Å²) in [5, 5.41) is 4.13. The van der Waals surface area contributed by atoms with Gasteiger partial charge >= 0.3 is 5.97 Å². The molecule has 0 aromatic heterocycles. The molecule has 0 aliphatic carbocycles. The van der Waals surface area contributed by atoms with Gasteiger partial charge in [-0.25, -0.2) is 4.79 Å².